The van der Waals surface area contributed by atoms with Crippen LogP contribution in [0.4, 0.5) is 5.69 Å². The van der Waals surface area contributed by atoms with Crippen LogP contribution in [0.1, 0.15) is 18.4 Å². The van der Waals surface area contributed by atoms with Gasteiger partial charge in [0.2, 0.25) is 5.91 Å². The Morgan fingerprint density at radius 1 is 1.15 bits per heavy atom. The van der Waals surface area contributed by atoms with E-state index in [-0.39, 0.29) is 11.6 Å². The van der Waals surface area contributed by atoms with Crippen LogP contribution in [-0.2, 0) is 9.53 Å². The van der Waals surface area contributed by atoms with Crippen molar-refractivity contribution in [1.82, 2.24) is 9.80 Å². The first-order valence-corrected chi connectivity index (χ1v) is 9.12. The van der Waals surface area contributed by atoms with Crippen LogP contribution in [0.25, 0.3) is 6.08 Å². The first kappa shape index (κ1) is 18.5. The lowest BCUT2D eigenvalue weighted by molar-refractivity contribution is -0.384. The SMILES string of the molecule is O=C(CN1CCOCC1)N1CCC(C=Cc2ccc([N+](=O)[O-])cc2)CC1. The number of amides is 1. The summed E-state index contributed by atoms with van der Waals surface area (Å²) in [6.45, 7) is 5.16. The Morgan fingerprint density at radius 2 is 1.81 bits per heavy atom. The maximum Gasteiger partial charge on any atom is 0.269 e. The van der Waals surface area contributed by atoms with Gasteiger partial charge in [0.05, 0.1) is 24.7 Å². The predicted octanol–water partition coefficient (Wildman–Crippen LogP) is 2.18. The molecule has 2 aliphatic rings. The number of nitro benzene ring substituents is 1. The lowest BCUT2D eigenvalue weighted by Crippen LogP contribution is -2.46. The first-order chi connectivity index (χ1) is 12.6. The molecular formula is C19H25N3O4. The number of nitrogens with zero attached hydrogens (tertiary/aromatic N) is 3. The third-order valence-electron chi connectivity index (χ3n) is 5.02. The molecule has 0 radical (unpaired) electrons. The fraction of sp³-hybridized carbons (Fsp3) is 0.526. The lowest BCUT2D eigenvalue weighted by Gasteiger charge is -2.33. The average Bonchev–Trinajstić information content (AvgIpc) is 2.68. The number of morpholine rings is 1. The molecule has 1 aromatic carbocycles. The van der Waals surface area contributed by atoms with Gasteiger partial charge in [-0.3, -0.25) is 19.8 Å². The Hall–Kier alpha value is -2.25. The van der Waals surface area contributed by atoms with E-state index in [9.17, 15) is 14.9 Å². The molecule has 140 valence electrons. The molecule has 0 spiro atoms. The van der Waals surface area contributed by atoms with Crippen LogP contribution in [0.2, 0.25) is 0 Å². The number of carbonyl (C=O) groups excluding carboxylic acids is 1. The number of nitro groups is 1. The molecule has 0 unspecified atom stereocenters. The Labute approximate surface area is 153 Å². The zero-order chi connectivity index (χ0) is 18.4. The number of likely N-dealkylation sites (tertiary alicyclic amines) is 1. The predicted molar refractivity (Wildman–Crippen MR) is 98.7 cm³/mol. The summed E-state index contributed by atoms with van der Waals surface area (Å²) in [6, 6.07) is 6.56. The number of benzene rings is 1. The van der Waals surface area contributed by atoms with E-state index in [1.54, 1.807) is 12.1 Å². The number of carbonyl (C=O) groups is 1. The summed E-state index contributed by atoms with van der Waals surface area (Å²) in [5.74, 6) is 0.655. The van der Waals surface area contributed by atoms with Gasteiger partial charge in [-0.1, -0.05) is 12.2 Å². The highest BCUT2D eigenvalue weighted by Crippen LogP contribution is 2.21. The van der Waals surface area contributed by atoms with Crippen LogP contribution in [0.3, 0.4) is 0 Å². The van der Waals surface area contributed by atoms with Gasteiger partial charge in [-0.2, -0.15) is 0 Å². The molecular weight excluding hydrogens is 334 g/mol. The second-order valence-electron chi connectivity index (χ2n) is 6.81. The molecule has 0 N–H and O–H groups in total. The van der Waals surface area contributed by atoms with Gasteiger partial charge in [-0.05, 0) is 36.5 Å². The molecule has 2 heterocycles. The number of non-ortho nitro benzene ring substituents is 1. The zero-order valence-electron chi connectivity index (χ0n) is 14.9. The van der Waals surface area contributed by atoms with E-state index in [4.69, 9.17) is 4.74 Å². The summed E-state index contributed by atoms with van der Waals surface area (Å²) in [5, 5.41) is 10.7. The highest BCUT2D eigenvalue weighted by Gasteiger charge is 2.23. The van der Waals surface area contributed by atoms with Crippen LogP contribution in [-0.4, -0.2) is 66.6 Å². The molecule has 0 saturated carbocycles. The van der Waals surface area contributed by atoms with Gasteiger partial charge in [0.1, 0.15) is 0 Å². The summed E-state index contributed by atoms with van der Waals surface area (Å²) in [7, 11) is 0. The largest absolute Gasteiger partial charge is 0.379 e. The fourth-order valence-electron chi connectivity index (χ4n) is 3.35. The highest BCUT2D eigenvalue weighted by molar-refractivity contribution is 5.78. The first-order valence-electron chi connectivity index (χ1n) is 9.12. The zero-order valence-corrected chi connectivity index (χ0v) is 14.9. The fourth-order valence-corrected chi connectivity index (χ4v) is 3.35. The standard InChI is InChI=1S/C19H25N3O4/c23-19(15-20-11-13-26-14-12-20)21-9-7-17(8-10-21)2-1-16-3-5-18(6-4-16)22(24)25/h1-6,17H,7-15H2. The number of hydrogen-bond donors (Lipinski definition) is 0. The molecule has 0 atom stereocenters. The number of rotatable bonds is 5. The van der Waals surface area contributed by atoms with E-state index in [0.29, 0.717) is 25.7 Å². The number of piperidine rings is 1. The minimum absolute atomic E-state index is 0.106. The van der Waals surface area contributed by atoms with Crippen LogP contribution in [0.15, 0.2) is 30.3 Å². The van der Waals surface area contributed by atoms with Crippen LogP contribution >= 0.6 is 0 Å². The topological polar surface area (TPSA) is 75.9 Å². The van der Waals surface area contributed by atoms with Gasteiger partial charge in [0, 0.05) is 38.3 Å². The monoisotopic (exact) mass is 359 g/mol. The molecule has 0 bridgehead atoms. The highest BCUT2D eigenvalue weighted by atomic mass is 16.6. The van der Waals surface area contributed by atoms with Gasteiger partial charge in [0.15, 0.2) is 0 Å². The molecule has 1 aromatic rings. The Morgan fingerprint density at radius 3 is 2.42 bits per heavy atom. The minimum Gasteiger partial charge on any atom is -0.379 e. The quantitative estimate of drug-likeness (QED) is 0.595. The molecule has 2 saturated heterocycles. The summed E-state index contributed by atoms with van der Waals surface area (Å²) >= 11 is 0. The van der Waals surface area contributed by atoms with Crippen molar-refractivity contribution in [2.24, 2.45) is 5.92 Å². The Balaban J connectivity index is 1.44. The summed E-state index contributed by atoms with van der Waals surface area (Å²) in [5.41, 5.74) is 1.07. The molecule has 2 aliphatic heterocycles. The second-order valence-corrected chi connectivity index (χ2v) is 6.81. The molecule has 2 fully saturated rings. The average molecular weight is 359 g/mol. The van der Waals surface area contributed by atoms with Crippen molar-refractivity contribution in [3.63, 3.8) is 0 Å². The van der Waals surface area contributed by atoms with Crippen LogP contribution in [0.5, 0.6) is 0 Å². The number of ether oxygens (including phenoxy) is 1. The van der Waals surface area contributed by atoms with E-state index >= 15 is 0 Å². The van der Waals surface area contributed by atoms with Gasteiger partial charge < -0.3 is 9.64 Å². The van der Waals surface area contributed by atoms with E-state index in [1.807, 2.05) is 11.0 Å². The molecule has 7 heteroatoms. The molecule has 7 nitrogen and oxygen atoms in total. The van der Waals surface area contributed by atoms with Crippen molar-refractivity contribution in [2.75, 3.05) is 45.9 Å². The molecule has 26 heavy (non-hydrogen) atoms. The Kier molecular flexibility index (Phi) is 6.35. The van der Waals surface area contributed by atoms with Crippen molar-refractivity contribution in [2.45, 2.75) is 12.8 Å². The molecule has 0 aromatic heterocycles. The molecule has 0 aliphatic carbocycles. The number of allylic oxidation sites excluding steroid dienone is 1. The minimum atomic E-state index is -0.392. The summed E-state index contributed by atoms with van der Waals surface area (Å²) in [4.78, 5) is 26.8. The van der Waals surface area contributed by atoms with Crippen molar-refractivity contribution < 1.29 is 14.5 Å². The van der Waals surface area contributed by atoms with Crippen molar-refractivity contribution >= 4 is 17.7 Å². The van der Waals surface area contributed by atoms with E-state index in [1.165, 1.54) is 12.1 Å². The molecule has 1 amide bonds. The van der Waals surface area contributed by atoms with Crippen LogP contribution < -0.4 is 0 Å². The number of hydrogen-bond acceptors (Lipinski definition) is 5. The van der Waals surface area contributed by atoms with Crippen LogP contribution in [0, 0.1) is 16.0 Å². The van der Waals surface area contributed by atoms with Gasteiger partial charge in [-0.15, -0.1) is 0 Å². The smallest absolute Gasteiger partial charge is 0.269 e. The van der Waals surface area contributed by atoms with Gasteiger partial charge in [0.25, 0.3) is 5.69 Å². The van der Waals surface area contributed by atoms with Crippen molar-refractivity contribution in [1.29, 1.82) is 0 Å². The maximum atomic E-state index is 12.4. The third-order valence-corrected chi connectivity index (χ3v) is 5.02. The third kappa shape index (κ3) is 5.12. The normalized spacial score (nSPS) is 19.8. The van der Waals surface area contributed by atoms with Gasteiger partial charge in [-0.25, -0.2) is 0 Å². The van der Waals surface area contributed by atoms with Crippen molar-refractivity contribution in [3.8, 4) is 0 Å². The maximum absolute atomic E-state index is 12.4. The summed E-state index contributed by atoms with van der Waals surface area (Å²) in [6.07, 6.45) is 6.08. The van der Waals surface area contributed by atoms with Crippen molar-refractivity contribution in [3.05, 3.63) is 46.0 Å². The summed E-state index contributed by atoms with van der Waals surface area (Å²) < 4.78 is 5.31. The van der Waals surface area contributed by atoms with E-state index < -0.39 is 4.92 Å². The lowest BCUT2D eigenvalue weighted by atomic mass is 9.95. The Bertz CT molecular complexity index is 645. The second kappa shape index (κ2) is 8.91. The van der Waals surface area contributed by atoms with E-state index in [0.717, 1.165) is 44.6 Å². The van der Waals surface area contributed by atoms with Gasteiger partial charge >= 0.3 is 0 Å². The van der Waals surface area contributed by atoms with E-state index in [2.05, 4.69) is 11.0 Å². The molecule has 3 rings (SSSR count).